The van der Waals surface area contributed by atoms with E-state index in [-0.39, 0.29) is 23.2 Å². The van der Waals surface area contributed by atoms with E-state index in [1.54, 1.807) is 18.4 Å². The second-order valence-corrected chi connectivity index (χ2v) is 8.17. The van der Waals surface area contributed by atoms with Crippen molar-refractivity contribution in [3.63, 3.8) is 0 Å². The molecule has 2 aromatic heterocycles. The molecule has 3 rings (SSSR count). The maximum atomic E-state index is 11.7. The fourth-order valence-corrected chi connectivity index (χ4v) is 4.63. The highest BCUT2D eigenvalue weighted by atomic mass is 32.1. The monoisotopic (exact) mass is 346 g/mol. The molecular weight excluding hydrogens is 320 g/mol. The zero-order valence-corrected chi connectivity index (χ0v) is 15.7. The van der Waals surface area contributed by atoms with Crippen molar-refractivity contribution in [3.8, 4) is 0 Å². The maximum absolute atomic E-state index is 11.7. The highest BCUT2D eigenvalue weighted by molar-refractivity contribution is 7.10. The number of nitrogens with zero attached hydrogens (tertiary/aromatic N) is 3. The van der Waals surface area contributed by atoms with E-state index in [0.717, 1.165) is 31.6 Å². The maximum Gasteiger partial charge on any atom is 0.227 e. The van der Waals surface area contributed by atoms with E-state index in [2.05, 4.69) is 53.4 Å². The normalized spacial score (nSPS) is 21.7. The highest BCUT2D eigenvalue weighted by Crippen LogP contribution is 2.68. The van der Waals surface area contributed by atoms with Gasteiger partial charge in [0.1, 0.15) is 5.82 Å². The number of nitrogens with one attached hydrogen (secondary N) is 1. The predicted molar refractivity (Wildman–Crippen MR) is 96.2 cm³/mol. The molecule has 0 saturated heterocycles. The molecule has 6 heteroatoms. The van der Waals surface area contributed by atoms with Gasteiger partial charge in [-0.25, -0.2) is 9.67 Å². The summed E-state index contributed by atoms with van der Waals surface area (Å²) in [6, 6.07) is 4.31. The van der Waals surface area contributed by atoms with Crippen LogP contribution in [0.4, 0.5) is 0 Å². The molecular formula is C18H26N4OS. The lowest BCUT2D eigenvalue weighted by Gasteiger charge is -2.19. The van der Waals surface area contributed by atoms with Crippen LogP contribution in [-0.2, 0) is 23.2 Å². The van der Waals surface area contributed by atoms with Gasteiger partial charge in [-0.05, 0) is 29.7 Å². The fraction of sp³-hybridized carbons (Fsp3) is 0.611. The van der Waals surface area contributed by atoms with Crippen LogP contribution in [0, 0.1) is 5.41 Å². The lowest BCUT2D eigenvalue weighted by atomic mass is 9.93. The molecule has 0 aromatic carbocycles. The summed E-state index contributed by atoms with van der Waals surface area (Å²) in [5.74, 6) is 1.61. The second kappa shape index (κ2) is 6.31. The van der Waals surface area contributed by atoms with Crippen LogP contribution in [0.3, 0.4) is 0 Å². The van der Waals surface area contributed by atoms with Gasteiger partial charge in [-0.2, -0.15) is 5.10 Å². The number of aryl methyl sites for hydroxylation is 1. The highest BCUT2D eigenvalue weighted by Gasteiger charge is 2.66. The van der Waals surface area contributed by atoms with Crippen molar-refractivity contribution in [3.05, 3.63) is 34.0 Å². The van der Waals surface area contributed by atoms with E-state index in [9.17, 15) is 4.79 Å². The number of aromatic nitrogens is 3. The number of hydrogen-bond donors (Lipinski definition) is 1. The fourth-order valence-electron chi connectivity index (χ4n) is 3.53. The minimum absolute atomic E-state index is 0.0468. The third-order valence-corrected chi connectivity index (χ3v) is 6.13. The lowest BCUT2D eigenvalue weighted by molar-refractivity contribution is -0.120. The quantitative estimate of drug-likeness (QED) is 0.838. The smallest absolute Gasteiger partial charge is 0.227 e. The molecule has 1 saturated carbocycles. The Balaban J connectivity index is 2.03. The molecule has 1 atom stereocenters. The number of carbonyl (C=O) groups excluding carboxylic acids is 1. The third-order valence-electron chi connectivity index (χ3n) is 5.10. The molecule has 0 radical (unpaired) electrons. The van der Waals surface area contributed by atoms with Gasteiger partial charge < -0.3 is 5.32 Å². The van der Waals surface area contributed by atoms with Crippen molar-refractivity contribution in [1.29, 1.82) is 0 Å². The summed E-state index contributed by atoms with van der Waals surface area (Å²) in [6.07, 6.45) is 3.49. The molecule has 2 aromatic rings. The van der Waals surface area contributed by atoms with Crippen molar-refractivity contribution in [2.45, 2.75) is 58.4 Å². The molecule has 2 heterocycles. The molecule has 24 heavy (non-hydrogen) atoms. The van der Waals surface area contributed by atoms with Crippen LogP contribution in [-0.4, -0.2) is 27.7 Å². The van der Waals surface area contributed by atoms with E-state index in [0.29, 0.717) is 5.82 Å². The lowest BCUT2D eigenvalue weighted by Crippen LogP contribution is -2.22. The molecule has 130 valence electrons. The molecule has 0 aliphatic heterocycles. The van der Waals surface area contributed by atoms with Crippen LogP contribution in [0.25, 0.3) is 0 Å². The predicted octanol–water partition coefficient (Wildman–Crippen LogP) is 3.14. The van der Waals surface area contributed by atoms with E-state index >= 15 is 0 Å². The van der Waals surface area contributed by atoms with Gasteiger partial charge in [0.25, 0.3) is 0 Å². The van der Waals surface area contributed by atoms with E-state index in [1.165, 1.54) is 4.88 Å². The third kappa shape index (κ3) is 2.77. The Hall–Kier alpha value is -1.69. The average Bonchev–Trinajstić information content (AvgIpc) is 3.00. The molecule has 1 N–H and O–H groups in total. The van der Waals surface area contributed by atoms with Crippen LogP contribution in [0.5, 0.6) is 0 Å². The summed E-state index contributed by atoms with van der Waals surface area (Å²) in [4.78, 5) is 17.9. The van der Waals surface area contributed by atoms with Crippen LogP contribution < -0.4 is 5.32 Å². The number of hydrogen-bond acceptors (Lipinski definition) is 4. The van der Waals surface area contributed by atoms with Crippen LogP contribution in [0.1, 0.15) is 56.6 Å². The Morgan fingerprint density at radius 2 is 2.21 bits per heavy atom. The van der Waals surface area contributed by atoms with Crippen molar-refractivity contribution >= 4 is 17.2 Å². The van der Waals surface area contributed by atoms with Gasteiger partial charge in [0.2, 0.25) is 5.91 Å². The molecule has 1 fully saturated rings. The standard InChI is InChI=1S/C18H26N4OS/c1-5-6-9-22-16(20-14(21-22)11-15(23)19-4)18(12-17(18,2)3)13-8-7-10-24-13/h7-8,10H,5-6,9,11-12H2,1-4H3,(H,19,23). The first-order valence-corrected chi connectivity index (χ1v) is 9.51. The molecule has 1 aliphatic carbocycles. The number of thiophene rings is 1. The molecule has 1 amide bonds. The summed E-state index contributed by atoms with van der Waals surface area (Å²) in [5.41, 5.74) is 0.0992. The van der Waals surface area contributed by atoms with Gasteiger partial charge in [0.05, 0.1) is 11.8 Å². The van der Waals surface area contributed by atoms with Crippen LogP contribution in [0.2, 0.25) is 0 Å². The van der Waals surface area contributed by atoms with Gasteiger partial charge in [0, 0.05) is 18.5 Å². The van der Waals surface area contributed by atoms with Crippen LogP contribution in [0.15, 0.2) is 17.5 Å². The van der Waals surface area contributed by atoms with Gasteiger partial charge in [-0.1, -0.05) is 33.3 Å². The minimum Gasteiger partial charge on any atom is -0.359 e. The molecule has 0 bridgehead atoms. The zero-order valence-electron chi connectivity index (χ0n) is 14.9. The van der Waals surface area contributed by atoms with Gasteiger partial charge in [-0.3, -0.25) is 4.79 Å². The zero-order chi connectivity index (χ0) is 17.4. The Bertz CT molecular complexity index is 719. The SMILES string of the molecule is CCCCn1nc(CC(=O)NC)nc1C1(c2cccs2)CC1(C)C. The van der Waals surface area contributed by atoms with Crippen molar-refractivity contribution in [2.75, 3.05) is 7.05 Å². The average molecular weight is 347 g/mol. The number of rotatable bonds is 7. The summed E-state index contributed by atoms with van der Waals surface area (Å²) in [6.45, 7) is 7.63. The Kier molecular flexibility index (Phi) is 4.51. The van der Waals surface area contributed by atoms with Gasteiger partial charge in [0.15, 0.2) is 5.82 Å². The summed E-state index contributed by atoms with van der Waals surface area (Å²) in [7, 11) is 1.65. The molecule has 1 unspecified atom stereocenters. The molecule has 5 nitrogen and oxygen atoms in total. The Morgan fingerprint density at radius 1 is 1.46 bits per heavy atom. The number of amides is 1. The summed E-state index contributed by atoms with van der Waals surface area (Å²) in [5, 5.41) is 9.45. The van der Waals surface area contributed by atoms with E-state index in [4.69, 9.17) is 4.98 Å². The molecule has 0 spiro atoms. The summed E-state index contributed by atoms with van der Waals surface area (Å²) >= 11 is 1.79. The topological polar surface area (TPSA) is 59.8 Å². The minimum atomic E-state index is -0.0666. The number of likely N-dealkylation sites (N-methyl/N-ethyl adjacent to an activating group) is 1. The Labute approximate surface area is 147 Å². The van der Waals surface area contributed by atoms with Crippen molar-refractivity contribution in [1.82, 2.24) is 20.1 Å². The van der Waals surface area contributed by atoms with Crippen molar-refractivity contribution < 1.29 is 4.79 Å². The number of carbonyl (C=O) groups is 1. The second-order valence-electron chi connectivity index (χ2n) is 7.22. The van der Waals surface area contributed by atoms with Gasteiger partial charge in [-0.15, -0.1) is 11.3 Å². The largest absolute Gasteiger partial charge is 0.359 e. The number of unbranched alkanes of at least 4 members (excludes halogenated alkanes) is 1. The van der Waals surface area contributed by atoms with E-state index in [1.807, 2.05) is 0 Å². The first kappa shape index (κ1) is 17.1. The molecule has 1 aliphatic rings. The van der Waals surface area contributed by atoms with Gasteiger partial charge >= 0.3 is 0 Å². The first-order chi connectivity index (χ1) is 11.4. The van der Waals surface area contributed by atoms with Crippen LogP contribution >= 0.6 is 11.3 Å². The van der Waals surface area contributed by atoms with Crippen molar-refractivity contribution in [2.24, 2.45) is 5.41 Å². The summed E-state index contributed by atoms with van der Waals surface area (Å²) < 4.78 is 2.05. The first-order valence-electron chi connectivity index (χ1n) is 8.63. The van der Waals surface area contributed by atoms with E-state index < -0.39 is 0 Å². The Morgan fingerprint density at radius 3 is 2.75 bits per heavy atom.